The van der Waals surface area contributed by atoms with Gasteiger partial charge in [0.15, 0.2) is 0 Å². The standard InChI is InChI=1S/C17H18N4O2S/c1-17(2,16-19-11-5-3-4-6-13(11)24-16)20-15(22)12-9-18-14-10-23-8-7-21(12)14/h3-6,9H,7-8,10H2,1-2H3,(H,20,22). The van der Waals surface area contributed by atoms with Crippen LogP contribution in [0.2, 0.25) is 0 Å². The molecule has 6 nitrogen and oxygen atoms in total. The third-order valence-electron chi connectivity index (χ3n) is 4.12. The number of thiazole rings is 1. The fraction of sp³-hybridized carbons (Fsp3) is 0.353. The minimum Gasteiger partial charge on any atom is -0.372 e. The Labute approximate surface area is 143 Å². The molecule has 0 saturated carbocycles. The van der Waals surface area contributed by atoms with E-state index in [1.54, 1.807) is 17.5 Å². The van der Waals surface area contributed by atoms with Crippen molar-refractivity contribution in [2.24, 2.45) is 0 Å². The van der Waals surface area contributed by atoms with Gasteiger partial charge in [0.25, 0.3) is 5.91 Å². The van der Waals surface area contributed by atoms with Crippen molar-refractivity contribution in [3.63, 3.8) is 0 Å². The number of amides is 1. The lowest BCUT2D eigenvalue weighted by Gasteiger charge is -2.24. The minimum atomic E-state index is -0.559. The molecule has 1 aromatic carbocycles. The van der Waals surface area contributed by atoms with Crippen molar-refractivity contribution >= 4 is 27.5 Å². The molecule has 3 aromatic rings. The van der Waals surface area contributed by atoms with E-state index in [9.17, 15) is 4.79 Å². The van der Waals surface area contributed by atoms with Crippen LogP contribution in [0.5, 0.6) is 0 Å². The summed E-state index contributed by atoms with van der Waals surface area (Å²) in [6.45, 7) is 5.65. The zero-order valence-corrected chi connectivity index (χ0v) is 14.4. The second kappa shape index (κ2) is 5.68. The van der Waals surface area contributed by atoms with Crippen LogP contribution in [0.3, 0.4) is 0 Å². The van der Waals surface area contributed by atoms with E-state index in [1.165, 1.54) is 0 Å². The number of aromatic nitrogens is 3. The molecular formula is C17H18N4O2S. The van der Waals surface area contributed by atoms with Crippen LogP contribution in [0.15, 0.2) is 30.5 Å². The second-order valence-electron chi connectivity index (χ2n) is 6.33. The van der Waals surface area contributed by atoms with Crippen molar-refractivity contribution in [1.82, 2.24) is 19.9 Å². The maximum Gasteiger partial charge on any atom is 0.270 e. The molecule has 4 rings (SSSR count). The summed E-state index contributed by atoms with van der Waals surface area (Å²) in [6, 6.07) is 8.00. The Hall–Kier alpha value is -2.25. The minimum absolute atomic E-state index is 0.139. The zero-order valence-electron chi connectivity index (χ0n) is 13.6. The molecule has 0 atom stereocenters. The SMILES string of the molecule is CC(C)(NC(=O)c1cnc2n1CCOC2)c1nc2ccccc2s1. The first kappa shape index (κ1) is 15.3. The molecule has 0 saturated heterocycles. The summed E-state index contributed by atoms with van der Waals surface area (Å²) in [7, 11) is 0. The normalized spacial score (nSPS) is 14.6. The Kier molecular flexibility index (Phi) is 3.62. The van der Waals surface area contributed by atoms with Gasteiger partial charge >= 0.3 is 0 Å². The van der Waals surface area contributed by atoms with Crippen LogP contribution in [0, 0.1) is 0 Å². The molecule has 1 amide bonds. The van der Waals surface area contributed by atoms with E-state index < -0.39 is 5.54 Å². The predicted molar refractivity (Wildman–Crippen MR) is 92.0 cm³/mol. The van der Waals surface area contributed by atoms with Crippen molar-refractivity contribution in [1.29, 1.82) is 0 Å². The van der Waals surface area contributed by atoms with Crippen LogP contribution < -0.4 is 5.32 Å². The first-order valence-electron chi connectivity index (χ1n) is 7.85. The van der Waals surface area contributed by atoms with Crippen molar-refractivity contribution in [2.45, 2.75) is 32.5 Å². The van der Waals surface area contributed by atoms with Crippen molar-refractivity contribution < 1.29 is 9.53 Å². The third kappa shape index (κ3) is 2.59. The molecule has 24 heavy (non-hydrogen) atoms. The lowest BCUT2D eigenvalue weighted by molar-refractivity contribution is 0.0769. The van der Waals surface area contributed by atoms with Gasteiger partial charge in [-0.1, -0.05) is 12.1 Å². The Bertz CT molecular complexity index is 879. The monoisotopic (exact) mass is 342 g/mol. The number of hydrogen-bond acceptors (Lipinski definition) is 5. The second-order valence-corrected chi connectivity index (χ2v) is 7.36. The van der Waals surface area contributed by atoms with Crippen LogP contribution in [0.4, 0.5) is 0 Å². The topological polar surface area (TPSA) is 69.0 Å². The Balaban J connectivity index is 1.61. The number of benzene rings is 1. The van der Waals surface area contributed by atoms with Crippen molar-refractivity contribution in [2.75, 3.05) is 6.61 Å². The molecule has 1 aliphatic heterocycles. The largest absolute Gasteiger partial charge is 0.372 e. The lowest BCUT2D eigenvalue weighted by atomic mass is 10.1. The Morgan fingerprint density at radius 1 is 1.38 bits per heavy atom. The molecule has 1 N–H and O–H groups in total. The number of hydrogen-bond donors (Lipinski definition) is 1. The predicted octanol–water partition coefficient (Wildman–Crippen LogP) is 2.69. The lowest BCUT2D eigenvalue weighted by Crippen LogP contribution is -2.42. The molecule has 0 fully saturated rings. The Morgan fingerprint density at radius 3 is 3.04 bits per heavy atom. The highest BCUT2D eigenvalue weighted by molar-refractivity contribution is 7.18. The van der Waals surface area contributed by atoms with Gasteiger partial charge in [-0.2, -0.15) is 0 Å². The molecule has 7 heteroatoms. The number of imidazole rings is 1. The summed E-state index contributed by atoms with van der Waals surface area (Å²) in [6.07, 6.45) is 1.62. The molecule has 124 valence electrons. The molecule has 0 unspecified atom stereocenters. The van der Waals surface area contributed by atoms with Gasteiger partial charge in [0.1, 0.15) is 23.1 Å². The van der Waals surface area contributed by atoms with E-state index in [-0.39, 0.29) is 5.91 Å². The van der Waals surface area contributed by atoms with Gasteiger partial charge in [-0.05, 0) is 26.0 Å². The van der Waals surface area contributed by atoms with Gasteiger partial charge in [0.05, 0.1) is 28.6 Å². The molecular weight excluding hydrogens is 324 g/mol. The number of carbonyl (C=O) groups is 1. The van der Waals surface area contributed by atoms with Gasteiger partial charge < -0.3 is 14.6 Å². The zero-order chi connectivity index (χ0) is 16.7. The number of rotatable bonds is 3. The fourth-order valence-corrected chi connectivity index (χ4v) is 3.84. The van der Waals surface area contributed by atoms with Crippen LogP contribution in [0.1, 0.15) is 35.2 Å². The summed E-state index contributed by atoms with van der Waals surface area (Å²) < 4.78 is 8.41. The maximum atomic E-state index is 12.7. The van der Waals surface area contributed by atoms with Crippen LogP contribution >= 0.6 is 11.3 Å². The molecule has 0 aliphatic carbocycles. The molecule has 0 spiro atoms. The summed E-state index contributed by atoms with van der Waals surface area (Å²) >= 11 is 1.60. The summed E-state index contributed by atoms with van der Waals surface area (Å²) in [5, 5.41) is 3.98. The first-order valence-corrected chi connectivity index (χ1v) is 8.67. The van der Waals surface area contributed by atoms with Crippen LogP contribution in [0.25, 0.3) is 10.2 Å². The van der Waals surface area contributed by atoms with E-state index in [0.717, 1.165) is 21.0 Å². The van der Waals surface area contributed by atoms with Crippen molar-refractivity contribution in [3.8, 4) is 0 Å². The molecule has 1 aliphatic rings. The first-order chi connectivity index (χ1) is 11.5. The number of fused-ring (bicyclic) bond motifs is 2. The van der Waals surface area contributed by atoms with Gasteiger partial charge in [0.2, 0.25) is 0 Å². The van der Waals surface area contributed by atoms with Gasteiger partial charge in [-0.25, -0.2) is 9.97 Å². The fourth-order valence-electron chi connectivity index (χ4n) is 2.82. The Morgan fingerprint density at radius 2 is 2.21 bits per heavy atom. The molecule has 0 radical (unpaired) electrons. The van der Waals surface area contributed by atoms with Crippen LogP contribution in [-0.4, -0.2) is 27.0 Å². The quantitative estimate of drug-likeness (QED) is 0.794. The average Bonchev–Trinajstić information content (AvgIpc) is 3.19. The number of para-hydroxylation sites is 1. The van der Waals surface area contributed by atoms with Gasteiger partial charge in [-0.15, -0.1) is 11.3 Å². The van der Waals surface area contributed by atoms with Crippen molar-refractivity contribution in [3.05, 3.63) is 47.0 Å². The third-order valence-corrected chi connectivity index (χ3v) is 5.48. The average molecular weight is 342 g/mol. The van der Waals surface area contributed by atoms with E-state index in [1.807, 2.05) is 42.7 Å². The number of nitrogens with one attached hydrogen (secondary N) is 1. The number of nitrogens with zero attached hydrogens (tertiary/aromatic N) is 3. The highest BCUT2D eigenvalue weighted by atomic mass is 32.1. The number of ether oxygens (including phenoxy) is 1. The van der Waals surface area contributed by atoms with E-state index in [2.05, 4.69) is 15.3 Å². The molecule has 0 bridgehead atoms. The maximum absolute atomic E-state index is 12.7. The number of carbonyl (C=O) groups excluding carboxylic acids is 1. The molecule has 2 aromatic heterocycles. The highest BCUT2D eigenvalue weighted by Gasteiger charge is 2.29. The molecule has 3 heterocycles. The van der Waals surface area contributed by atoms with Crippen LogP contribution in [-0.2, 0) is 23.4 Å². The smallest absolute Gasteiger partial charge is 0.270 e. The summed E-state index contributed by atoms with van der Waals surface area (Å²) in [5.41, 5.74) is 0.970. The summed E-state index contributed by atoms with van der Waals surface area (Å²) in [4.78, 5) is 21.7. The summed E-state index contributed by atoms with van der Waals surface area (Å²) in [5.74, 6) is 0.657. The highest BCUT2D eigenvalue weighted by Crippen LogP contribution is 2.30. The van der Waals surface area contributed by atoms with E-state index in [4.69, 9.17) is 4.74 Å². The van der Waals surface area contributed by atoms with E-state index >= 15 is 0 Å². The van der Waals surface area contributed by atoms with E-state index in [0.29, 0.717) is 25.5 Å². The van der Waals surface area contributed by atoms with Gasteiger partial charge in [-0.3, -0.25) is 4.79 Å². The van der Waals surface area contributed by atoms with Gasteiger partial charge in [0, 0.05) is 6.54 Å².